The standard InChI is InChI=1S/C14H21BrN2O3/c1-3-19-12-7-10(4-5-16)6-11(15)13(12)20-8-9(2)14(17)18/h6-7,9H,3-5,8,16H2,1-2H3,(H2,17,18). The van der Waals surface area contributed by atoms with E-state index in [-0.39, 0.29) is 18.4 Å². The van der Waals surface area contributed by atoms with Crippen LogP contribution in [0.4, 0.5) is 0 Å². The summed E-state index contributed by atoms with van der Waals surface area (Å²) < 4.78 is 12.0. The van der Waals surface area contributed by atoms with E-state index in [0.717, 1.165) is 16.5 Å². The fourth-order valence-corrected chi connectivity index (χ4v) is 2.23. The van der Waals surface area contributed by atoms with Gasteiger partial charge in [-0.2, -0.15) is 0 Å². The van der Waals surface area contributed by atoms with Crippen LogP contribution in [0.2, 0.25) is 0 Å². The number of halogens is 1. The molecule has 0 spiro atoms. The van der Waals surface area contributed by atoms with Gasteiger partial charge in [0.1, 0.15) is 0 Å². The Morgan fingerprint density at radius 3 is 2.65 bits per heavy atom. The Morgan fingerprint density at radius 2 is 2.10 bits per heavy atom. The maximum absolute atomic E-state index is 11.0. The van der Waals surface area contributed by atoms with Gasteiger partial charge in [0.25, 0.3) is 0 Å². The SMILES string of the molecule is CCOc1cc(CCN)cc(Br)c1OCC(C)C(N)=O. The van der Waals surface area contributed by atoms with Gasteiger partial charge in [0.05, 0.1) is 23.6 Å². The van der Waals surface area contributed by atoms with Crippen molar-refractivity contribution in [3.8, 4) is 11.5 Å². The summed E-state index contributed by atoms with van der Waals surface area (Å²) in [6.07, 6.45) is 0.761. The molecule has 1 rings (SSSR count). The lowest BCUT2D eigenvalue weighted by atomic mass is 10.1. The fourth-order valence-electron chi connectivity index (χ4n) is 1.63. The molecule has 0 saturated carbocycles. The van der Waals surface area contributed by atoms with Gasteiger partial charge in [0.2, 0.25) is 5.91 Å². The average Bonchev–Trinajstić information content (AvgIpc) is 2.38. The van der Waals surface area contributed by atoms with Gasteiger partial charge in [-0.3, -0.25) is 4.79 Å². The van der Waals surface area contributed by atoms with Gasteiger partial charge in [0.15, 0.2) is 11.5 Å². The first kappa shape index (κ1) is 16.8. The van der Waals surface area contributed by atoms with E-state index in [2.05, 4.69) is 15.9 Å². The highest BCUT2D eigenvalue weighted by atomic mass is 79.9. The number of carbonyl (C=O) groups is 1. The molecule has 0 aliphatic carbocycles. The third-order valence-corrected chi connectivity index (χ3v) is 3.35. The van der Waals surface area contributed by atoms with Gasteiger partial charge in [0, 0.05) is 0 Å². The summed E-state index contributed by atoms with van der Waals surface area (Å²) in [7, 11) is 0. The minimum atomic E-state index is -0.390. The van der Waals surface area contributed by atoms with Crippen molar-refractivity contribution >= 4 is 21.8 Å². The molecule has 0 aliphatic rings. The number of nitrogens with two attached hydrogens (primary N) is 2. The second kappa shape index (κ2) is 8.11. The molecule has 20 heavy (non-hydrogen) atoms. The van der Waals surface area contributed by atoms with Crippen LogP contribution >= 0.6 is 15.9 Å². The minimum Gasteiger partial charge on any atom is -0.490 e. The Kier molecular flexibility index (Phi) is 6.81. The zero-order chi connectivity index (χ0) is 15.1. The highest BCUT2D eigenvalue weighted by molar-refractivity contribution is 9.10. The maximum atomic E-state index is 11.0. The van der Waals surface area contributed by atoms with E-state index in [1.54, 1.807) is 6.92 Å². The van der Waals surface area contributed by atoms with E-state index in [1.807, 2.05) is 19.1 Å². The normalized spacial score (nSPS) is 12.0. The largest absolute Gasteiger partial charge is 0.490 e. The lowest BCUT2D eigenvalue weighted by Crippen LogP contribution is -2.26. The van der Waals surface area contributed by atoms with Crippen molar-refractivity contribution in [1.82, 2.24) is 0 Å². The number of benzene rings is 1. The van der Waals surface area contributed by atoms with Crippen molar-refractivity contribution in [2.75, 3.05) is 19.8 Å². The van der Waals surface area contributed by atoms with Crippen LogP contribution in [-0.2, 0) is 11.2 Å². The molecule has 0 radical (unpaired) electrons. The Morgan fingerprint density at radius 1 is 1.40 bits per heavy atom. The highest BCUT2D eigenvalue weighted by Gasteiger charge is 2.15. The van der Waals surface area contributed by atoms with Gasteiger partial charge in [-0.05, 0) is 53.5 Å². The van der Waals surface area contributed by atoms with Crippen molar-refractivity contribution in [3.05, 3.63) is 22.2 Å². The van der Waals surface area contributed by atoms with Crippen molar-refractivity contribution in [1.29, 1.82) is 0 Å². The molecular formula is C14H21BrN2O3. The molecule has 1 amide bonds. The molecule has 4 N–H and O–H groups in total. The molecule has 0 aromatic heterocycles. The second-order valence-corrected chi connectivity index (χ2v) is 5.35. The van der Waals surface area contributed by atoms with Crippen LogP contribution in [-0.4, -0.2) is 25.7 Å². The maximum Gasteiger partial charge on any atom is 0.223 e. The smallest absolute Gasteiger partial charge is 0.223 e. The van der Waals surface area contributed by atoms with Crippen LogP contribution in [0.15, 0.2) is 16.6 Å². The number of ether oxygens (including phenoxy) is 2. The lowest BCUT2D eigenvalue weighted by Gasteiger charge is -2.16. The Hall–Kier alpha value is -1.27. The summed E-state index contributed by atoms with van der Waals surface area (Å²) in [6, 6.07) is 3.85. The van der Waals surface area contributed by atoms with Gasteiger partial charge in [-0.25, -0.2) is 0 Å². The third-order valence-electron chi connectivity index (χ3n) is 2.77. The first-order chi connectivity index (χ1) is 9.49. The summed E-state index contributed by atoms with van der Waals surface area (Å²) in [5, 5.41) is 0. The molecule has 0 saturated heterocycles. The molecule has 1 aromatic carbocycles. The predicted molar refractivity (Wildman–Crippen MR) is 81.9 cm³/mol. The molecule has 6 heteroatoms. The zero-order valence-corrected chi connectivity index (χ0v) is 13.4. The van der Waals surface area contributed by atoms with Gasteiger partial charge < -0.3 is 20.9 Å². The first-order valence-electron chi connectivity index (χ1n) is 6.57. The molecule has 0 heterocycles. The minimum absolute atomic E-state index is 0.213. The van der Waals surface area contributed by atoms with Crippen molar-refractivity contribution < 1.29 is 14.3 Å². The van der Waals surface area contributed by atoms with E-state index in [1.165, 1.54) is 0 Å². The van der Waals surface area contributed by atoms with E-state index in [0.29, 0.717) is 24.7 Å². The molecule has 0 aliphatic heterocycles. The van der Waals surface area contributed by atoms with Crippen molar-refractivity contribution in [3.63, 3.8) is 0 Å². The summed E-state index contributed by atoms with van der Waals surface area (Å²) >= 11 is 3.46. The summed E-state index contributed by atoms with van der Waals surface area (Å²) in [6.45, 7) is 4.93. The molecule has 5 nitrogen and oxygen atoms in total. The number of amides is 1. The van der Waals surface area contributed by atoms with Gasteiger partial charge >= 0.3 is 0 Å². The number of rotatable bonds is 8. The van der Waals surface area contributed by atoms with Crippen molar-refractivity contribution in [2.24, 2.45) is 17.4 Å². The van der Waals surface area contributed by atoms with Crippen LogP contribution in [0.1, 0.15) is 19.4 Å². The molecule has 1 atom stereocenters. The topological polar surface area (TPSA) is 87.6 Å². The predicted octanol–water partition coefficient (Wildman–Crippen LogP) is 1.85. The Labute approximate surface area is 127 Å². The van der Waals surface area contributed by atoms with Crippen LogP contribution < -0.4 is 20.9 Å². The Balaban J connectivity index is 2.95. The van der Waals surface area contributed by atoms with E-state index < -0.39 is 0 Å². The molecule has 1 unspecified atom stereocenters. The summed E-state index contributed by atoms with van der Waals surface area (Å²) in [5.74, 6) is 0.474. The monoisotopic (exact) mass is 344 g/mol. The molecular weight excluding hydrogens is 324 g/mol. The van der Waals surface area contributed by atoms with Crippen LogP contribution in [0.5, 0.6) is 11.5 Å². The van der Waals surface area contributed by atoms with E-state index in [9.17, 15) is 4.79 Å². The average molecular weight is 345 g/mol. The van der Waals surface area contributed by atoms with Gasteiger partial charge in [-0.1, -0.05) is 6.92 Å². The van der Waals surface area contributed by atoms with E-state index >= 15 is 0 Å². The molecule has 112 valence electrons. The first-order valence-corrected chi connectivity index (χ1v) is 7.36. The van der Waals surface area contributed by atoms with Crippen LogP contribution in [0.25, 0.3) is 0 Å². The van der Waals surface area contributed by atoms with Crippen molar-refractivity contribution in [2.45, 2.75) is 20.3 Å². The van der Waals surface area contributed by atoms with Crippen LogP contribution in [0, 0.1) is 5.92 Å². The van der Waals surface area contributed by atoms with Crippen LogP contribution in [0.3, 0.4) is 0 Å². The third kappa shape index (κ3) is 4.68. The Bertz CT molecular complexity index is 466. The number of hydrogen-bond donors (Lipinski definition) is 2. The second-order valence-electron chi connectivity index (χ2n) is 4.49. The molecule has 0 bridgehead atoms. The van der Waals surface area contributed by atoms with E-state index in [4.69, 9.17) is 20.9 Å². The quantitative estimate of drug-likeness (QED) is 0.753. The molecule has 1 aromatic rings. The zero-order valence-electron chi connectivity index (χ0n) is 11.8. The lowest BCUT2D eigenvalue weighted by molar-refractivity contribution is -0.122. The number of hydrogen-bond acceptors (Lipinski definition) is 4. The number of carbonyl (C=O) groups excluding carboxylic acids is 1. The fraction of sp³-hybridized carbons (Fsp3) is 0.500. The highest BCUT2D eigenvalue weighted by Crippen LogP contribution is 2.37. The number of primary amides is 1. The summed E-state index contributed by atoms with van der Waals surface area (Å²) in [4.78, 5) is 11.0. The summed E-state index contributed by atoms with van der Waals surface area (Å²) in [5.41, 5.74) is 11.9. The van der Waals surface area contributed by atoms with Gasteiger partial charge in [-0.15, -0.1) is 0 Å². The molecule has 0 fully saturated rings.